The van der Waals surface area contributed by atoms with E-state index in [4.69, 9.17) is 9.47 Å². The van der Waals surface area contributed by atoms with Gasteiger partial charge in [0.25, 0.3) is 0 Å². The average Bonchev–Trinajstić information content (AvgIpc) is 3.28. The van der Waals surface area contributed by atoms with Crippen LogP contribution in [0.4, 0.5) is 4.39 Å². The molecule has 0 radical (unpaired) electrons. The van der Waals surface area contributed by atoms with E-state index < -0.39 is 0 Å². The number of ether oxygens (including phenoxy) is 2. The number of aryl methyl sites for hydroxylation is 1. The van der Waals surface area contributed by atoms with Crippen LogP contribution in [0.5, 0.6) is 5.75 Å². The van der Waals surface area contributed by atoms with Crippen molar-refractivity contribution in [2.24, 2.45) is 0 Å². The lowest BCUT2D eigenvalue weighted by atomic mass is 10.1. The van der Waals surface area contributed by atoms with E-state index in [0.29, 0.717) is 18.5 Å². The van der Waals surface area contributed by atoms with Crippen LogP contribution < -0.4 is 4.74 Å². The van der Waals surface area contributed by atoms with Crippen molar-refractivity contribution in [1.82, 2.24) is 0 Å². The van der Waals surface area contributed by atoms with Gasteiger partial charge in [-0.3, -0.25) is 0 Å². The number of rotatable bonds is 6. The third kappa shape index (κ3) is 3.81. The zero-order valence-corrected chi connectivity index (χ0v) is 11.2. The van der Waals surface area contributed by atoms with Crippen molar-refractivity contribution in [3.05, 3.63) is 65.5 Å². The van der Waals surface area contributed by atoms with Gasteiger partial charge in [-0.1, -0.05) is 30.3 Å². The Hall–Kier alpha value is -1.87. The summed E-state index contributed by atoms with van der Waals surface area (Å²) in [6.45, 7) is 1.29. The van der Waals surface area contributed by atoms with E-state index in [1.807, 2.05) is 36.4 Å². The molecular weight excluding hydrogens is 255 g/mol. The lowest BCUT2D eigenvalue weighted by Crippen LogP contribution is -1.98. The van der Waals surface area contributed by atoms with Gasteiger partial charge in [0.05, 0.1) is 12.7 Å². The summed E-state index contributed by atoms with van der Waals surface area (Å²) in [6.07, 6.45) is 2.14. The van der Waals surface area contributed by atoms with Gasteiger partial charge in [-0.15, -0.1) is 0 Å². The predicted octanol–water partition coefficient (Wildman–Crippen LogP) is 3.74. The predicted molar refractivity (Wildman–Crippen MR) is 75.2 cm³/mol. The molecule has 1 heterocycles. The van der Waals surface area contributed by atoms with Crippen LogP contribution >= 0.6 is 0 Å². The molecule has 3 rings (SSSR count). The molecule has 2 aromatic rings. The van der Waals surface area contributed by atoms with E-state index in [1.54, 1.807) is 6.07 Å². The molecule has 0 bridgehead atoms. The lowest BCUT2D eigenvalue weighted by molar-refractivity contribution is 0.304. The standard InChI is InChI=1S/C17H17FO2/c18-15-8-14(6-7-16-12-20-16)9-17(10-15)19-11-13-4-2-1-3-5-13/h1-5,8-10,16H,6-7,11-12H2/t16-/m0/s1. The highest BCUT2D eigenvalue weighted by atomic mass is 19.1. The summed E-state index contributed by atoms with van der Waals surface area (Å²) in [7, 11) is 0. The fourth-order valence-electron chi connectivity index (χ4n) is 2.15. The molecule has 0 N–H and O–H groups in total. The Bertz CT molecular complexity index is 564. The second-order valence-electron chi connectivity index (χ2n) is 5.06. The van der Waals surface area contributed by atoms with Crippen LogP contribution in [-0.2, 0) is 17.8 Å². The lowest BCUT2D eigenvalue weighted by Gasteiger charge is -2.08. The summed E-state index contributed by atoms with van der Waals surface area (Å²) in [5.41, 5.74) is 2.04. The van der Waals surface area contributed by atoms with Gasteiger partial charge in [0.1, 0.15) is 18.2 Å². The Morgan fingerprint density at radius 1 is 1.10 bits per heavy atom. The molecule has 0 spiro atoms. The molecule has 0 unspecified atom stereocenters. The molecule has 2 nitrogen and oxygen atoms in total. The van der Waals surface area contributed by atoms with Gasteiger partial charge >= 0.3 is 0 Å². The van der Waals surface area contributed by atoms with Gasteiger partial charge in [0.15, 0.2) is 0 Å². The highest BCUT2D eigenvalue weighted by Gasteiger charge is 2.21. The van der Waals surface area contributed by atoms with Gasteiger partial charge in [-0.25, -0.2) is 4.39 Å². The van der Waals surface area contributed by atoms with Crippen LogP contribution in [0.1, 0.15) is 17.5 Å². The highest BCUT2D eigenvalue weighted by Crippen LogP contribution is 2.22. The SMILES string of the molecule is Fc1cc(CC[C@H]2CO2)cc(OCc2ccccc2)c1. The topological polar surface area (TPSA) is 21.8 Å². The largest absolute Gasteiger partial charge is 0.489 e. The summed E-state index contributed by atoms with van der Waals surface area (Å²) < 4.78 is 24.4. The zero-order chi connectivity index (χ0) is 13.8. The second kappa shape index (κ2) is 6.06. The monoisotopic (exact) mass is 272 g/mol. The number of benzene rings is 2. The Morgan fingerprint density at radius 3 is 2.65 bits per heavy atom. The van der Waals surface area contributed by atoms with Crippen LogP contribution in [0.3, 0.4) is 0 Å². The highest BCUT2D eigenvalue weighted by molar-refractivity contribution is 5.30. The smallest absolute Gasteiger partial charge is 0.127 e. The van der Waals surface area contributed by atoms with Crippen molar-refractivity contribution in [2.75, 3.05) is 6.61 Å². The minimum Gasteiger partial charge on any atom is -0.489 e. The summed E-state index contributed by atoms with van der Waals surface area (Å²) in [5.74, 6) is 0.336. The molecule has 2 aromatic carbocycles. The number of hydrogen-bond donors (Lipinski definition) is 0. The molecule has 1 saturated heterocycles. The Labute approximate surface area is 118 Å². The van der Waals surface area contributed by atoms with Gasteiger partial charge < -0.3 is 9.47 Å². The van der Waals surface area contributed by atoms with Crippen LogP contribution in [-0.4, -0.2) is 12.7 Å². The number of epoxide rings is 1. The molecule has 0 aromatic heterocycles. The van der Waals surface area contributed by atoms with Crippen molar-refractivity contribution in [1.29, 1.82) is 0 Å². The van der Waals surface area contributed by atoms with E-state index in [-0.39, 0.29) is 5.82 Å². The van der Waals surface area contributed by atoms with Crippen LogP contribution in [0.25, 0.3) is 0 Å². The van der Waals surface area contributed by atoms with Crippen molar-refractivity contribution in [3.8, 4) is 5.75 Å². The fraction of sp³-hybridized carbons (Fsp3) is 0.294. The summed E-state index contributed by atoms with van der Waals surface area (Å²) in [5, 5.41) is 0. The van der Waals surface area contributed by atoms with E-state index in [9.17, 15) is 4.39 Å². The van der Waals surface area contributed by atoms with E-state index in [1.165, 1.54) is 6.07 Å². The van der Waals surface area contributed by atoms with Crippen molar-refractivity contribution in [2.45, 2.75) is 25.6 Å². The van der Waals surface area contributed by atoms with Crippen molar-refractivity contribution < 1.29 is 13.9 Å². The third-order valence-corrected chi connectivity index (χ3v) is 3.34. The first kappa shape index (κ1) is 13.1. The molecule has 0 saturated carbocycles. The van der Waals surface area contributed by atoms with Crippen molar-refractivity contribution >= 4 is 0 Å². The molecule has 0 amide bonds. The summed E-state index contributed by atoms with van der Waals surface area (Å²) >= 11 is 0. The minimum absolute atomic E-state index is 0.248. The van der Waals surface area contributed by atoms with Crippen LogP contribution in [0.2, 0.25) is 0 Å². The normalized spacial score (nSPS) is 16.9. The average molecular weight is 272 g/mol. The van der Waals surface area contributed by atoms with Crippen LogP contribution in [0.15, 0.2) is 48.5 Å². The molecule has 1 fully saturated rings. The number of hydrogen-bond acceptors (Lipinski definition) is 2. The molecule has 104 valence electrons. The zero-order valence-electron chi connectivity index (χ0n) is 11.2. The van der Waals surface area contributed by atoms with Crippen molar-refractivity contribution in [3.63, 3.8) is 0 Å². The maximum Gasteiger partial charge on any atom is 0.127 e. The summed E-state index contributed by atoms with van der Waals surface area (Å²) in [4.78, 5) is 0. The number of halogens is 1. The van der Waals surface area contributed by atoms with Gasteiger partial charge in [-0.05, 0) is 36.1 Å². The maximum atomic E-state index is 13.6. The Kier molecular flexibility index (Phi) is 3.97. The first-order valence-corrected chi connectivity index (χ1v) is 6.87. The van der Waals surface area contributed by atoms with E-state index >= 15 is 0 Å². The fourth-order valence-corrected chi connectivity index (χ4v) is 2.15. The second-order valence-corrected chi connectivity index (χ2v) is 5.06. The van der Waals surface area contributed by atoms with E-state index in [0.717, 1.165) is 30.6 Å². The first-order chi connectivity index (χ1) is 9.79. The third-order valence-electron chi connectivity index (χ3n) is 3.34. The first-order valence-electron chi connectivity index (χ1n) is 6.87. The molecule has 1 atom stereocenters. The van der Waals surface area contributed by atoms with Gasteiger partial charge in [-0.2, -0.15) is 0 Å². The molecule has 1 aliphatic heterocycles. The minimum atomic E-state index is -0.248. The molecule has 3 heteroatoms. The van der Waals surface area contributed by atoms with Gasteiger partial charge in [0, 0.05) is 6.07 Å². The van der Waals surface area contributed by atoms with Gasteiger partial charge in [0.2, 0.25) is 0 Å². The molecular formula is C17H17FO2. The molecule has 1 aliphatic rings. The van der Waals surface area contributed by atoms with E-state index in [2.05, 4.69) is 0 Å². The summed E-state index contributed by atoms with van der Waals surface area (Å²) in [6, 6.07) is 14.8. The quantitative estimate of drug-likeness (QED) is 0.747. The molecule has 20 heavy (non-hydrogen) atoms. The maximum absolute atomic E-state index is 13.6. The molecule has 0 aliphatic carbocycles. The van der Waals surface area contributed by atoms with Crippen LogP contribution in [0, 0.1) is 5.82 Å². The Morgan fingerprint density at radius 2 is 1.90 bits per heavy atom. The Balaban J connectivity index is 1.62.